The summed E-state index contributed by atoms with van der Waals surface area (Å²) in [5.41, 5.74) is 0. The highest BCUT2D eigenvalue weighted by atomic mass is 16.5. The Kier molecular flexibility index (Phi) is 4.59. The molecule has 0 radical (unpaired) electrons. The molecule has 0 aromatic heterocycles. The van der Waals surface area contributed by atoms with Gasteiger partial charge in [0.05, 0.1) is 13.0 Å². The molecule has 1 unspecified atom stereocenters. The van der Waals surface area contributed by atoms with Gasteiger partial charge in [0.2, 0.25) is 0 Å². The lowest BCUT2D eigenvalue weighted by Crippen LogP contribution is -2.09. The quantitative estimate of drug-likeness (QED) is 0.461. The van der Waals surface area contributed by atoms with Crippen molar-refractivity contribution in [2.75, 3.05) is 7.11 Å². The molecule has 0 saturated heterocycles. The third kappa shape index (κ3) is 4.59. The van der Waals surface area contributed by atoms with E-state index in [2.05, 4.69) is 18.6 Å². The SMILES string of the molecule is COC(=O)C(C)/C=C\C(C)C. The van der Waals surface area contributed by atoms with Crippen LogP contribution in [-0.2, 0) is 9.53 Å². The molecule has 0 aliphatic carbocycles. The first-order chi connectivity index (χ1) is 5.07. The van der Waals surface area contributed by atoms with Crippen molar-refractivity contribution >= 4 is 5.97 Å². The van der Waals surface area contributed by atoms with E-state index in [1.807, 2.05) is 19.1 Å². The van der Waals surface area contributed by atoms with Crippen molar-refractivity contribution in [3.8, 4) is 0 Å². The fourth-order valence-electron chi connectivity index (χ4n) is 0.653. The lowest BCUT2D eigenvalue weighted by Gasteiger charge is -2.03. The molecule has 1 atom stereocenters. The number of carbonyl (C=O) groups excluding carboxylic acids is 1. The first-order valence-electron chi connectivity index (χ1n) is 3.84. The smallest absolute Gasteiger partial charge is 0.312 e. The van der Waals surface area contributed by atoms with E-state index in [1.165, 1.54) is 7.11 Å². The van der Waals surface area contributed by atoms with Crippen molar-refractivity contribution < 1.29 is 9.53 Å². The van der Waals surface area contributed by atoms with Crippen molar-refractivity contribution in [3.05, 3.63) is 12.2 Å². The molecule has 11 heavy (non-hydrogen) atoms. The highest BCUT2D eigenvalue weighted by Crippen LogP contribution is 2.03. The van der Waals surface area contributed by atoms with Gasteiger partial charge in [0.25, 0.3) is 0 Å². The maximum Gasteiger partial charge on any atom is 0.312 e. The molecule has 0 saturated carbocycles. The molecule has 0 aromatic rings. The van der Waals surface area contributed by atoms with Crippen molar-refractivity contribution in [2.45, 2.75) is 20.8 Å². The van der Waals surface area contributed by atoms with Crippen molar-refractivity contribution in [3.63, 3.8) is 0 Å². The third-order valence-electron chi connectivity index (χ3n) is 1.36. The summed E-state index contributed by atoms with van der Waals surface area (Å²) in [4.78, 5) is 10.9. The standard InChI is InChI=1S/C9H16O2/c1-7(2)5-6-8(3)9(10)11-4/h5-8H,1-4H3/b6-5-. The van der Waals surface area contributed by atoms with Gasteiger partial charge in [0, 0.05) is 0 Å². The number of allylic oxidation sites excluding steroid dienone is 1. The van der Waals surface area contributed by atoms with Crippen LogP contribution in [0.15, 0.2) is 12.2 Å². The molecule has 2 nitrogen and oxygen atoms in total. The summed E-state index contributed by atoms with van der Waals surface area (Å²) in [6, 6.07) is 0. The number of esters is 1. The number of hydrogen-bond donors (Lipinski definition) is 0. The van der Waals surface area contributed by atoms with E-state index in [-0.39, 0.29) is 11.9 Å². The second-order valence-electron chi connectivity index (χ2n) is 2.94. The zero-order valence-electron chi connectivity index (χ0n) is 7.63. The van der Waals surface area contributed by atoms with Gasteiger partial charge in [-0.15, -0.1) is 0 Å². The summed E-state index contributed by atoms with van der Waals surface area (Å²) >= 11 is 0. The first kappa shape index (κ1) is 10.2. The zero-order chi connectivity index (χ0) is 8.85. The van der Waals surface area contributed by atoms with Crippen LogP contribution in [0.25, 0.3) is 0 Å². The summed E-state index contributed by atoms with van der Waals surface area (Å²) in [5.74, 6) is 0.186. The molecule has 0 amide bonds. The topological polar surface area (TPSA) is 26.3 Å². The predicted molar refractivity (Wildman–Crippen MR) is 45.2 cm³/mol. The van der Waals surface area contributed by atoms with Gasteiger partial charge in [-0.1, -0.05) is 26.0 Å². The fourth-order valence-corrected chi connectivity index (χ4v) is 0.653. The average Bonchev–Trinajstić information content (AvgIpc) is 1.98. The summed E-state index contributed by atoms with van der Waals surface area (Å²) in [5, 5.41) is 0. The molecule has 0 fully saturated rings. The molecular weight excluding hydrogens is 140 g/mol. The van der Waals surface area contributed by atoms with Gasteiger partial charge in [-0.05, 0) is 12.8 Å². The average molecular weight is 156 g/mol. The predicted octanol–water partition coefficient (Wildman–Crippen LogP) is 2.01. The van der Waals surface area contributed by atoms with Gasteiger partial charge in [-0.3, -0.25) is 4.79 Å². The van der Waals surface area contributed by atoms with E-state index in [9.17, 15) is 4.79 Å². The van der Waals surface area contributed by atoms with Crippen molar-refractivity contribution in [1.82, 2.24) is 0 Å². The minimum Gasteiger partial charge on any atom is -0.469 e. The van der Waals surface area contributed by atoms with Crippen LogP contribution < -0.4 is 0 Å². The van der Waals surface area contributed by atoms with E-state index in [1.54, 1.807) is 0 Å². The summed E-state index contributed by atoms with van der Waals surface area (Å²) in [6.45, 7) is 5.96. The van der Waals surface area contributed by atoms with Crippen LogP contribution in [0.1, 0.15) is 20.8 Å². The molecule has 64 valence electrons. The van der Waals surface area contributed by atoms with E-state index in [4.69, 9.17) is 0 Å². The Morgan fingerprint density at radius 2 is 1.82 bits per heavy atom. The van der Waals surface area contributed by atoms with E-state index in [0.717, 1.165) is 0 Å². The highest BCUT2D eigenvalue weighted by molar-refractivity contribution is 5.73. The Balaban J connectivity index is 3.86. The second kappa shape index (κ2) is 4.94. The van der Waals surface area contributed by atoms with Crippen molar-refractivity contribution in [1.29, 1.82) is 0 Å². The van der Waals surface area contributed by atoms with Crippen LogP contribution in [0.2, 0.25) is 0 Å². The van der Waals surface area contributed by atoms with Gasteiger partial charge in [0.1, 0.15) is 0 Å². The van der Waals surface area contributed by atoms with Gasteiger partial charge < -0.3 is 4.74 Å². The molecule has 0 heterocycles. The maximum atomic E-state index is 10.9. The summed E-state index contributed by atoms with van der Waals surface area (Å²) in [6.07, 6.45) is 3.87. The summed E-state index contributed by atoms with van der Waals surface area (Å²) in [7, 11) is 1.40. The lowest BCUT2D eigenvalue weighted by molar-refractivity contribution is -0.143. The summed E-state index contributed by atoms with van der Waals surface area (Å²) < 4.78 is 4.55. The van der Waals surface area contributed by atoms with Crippen LogP contribution in [0.3, 0.4) is 0 Å². The van der Waals surface area contributed by atoms with Crippen LogP contribution in [0.4, 0.5) is 0 Å². The Morgan fingerprint density at radius 3 is 2.18 bits per heavy atom. The van der Waals surface area contributed by atoms with Gasteiger partial charge in [-0.2, -0.15) is 0 Å². The molecule has 0 spiro atoms. The van der Waals surface area contributed by atoms with Gasteiger partial charge in [0.15, 0.2) is 0 Å². The van der Waals surface area contributed by atoms with Crippen LogP contribution in [-0.4, -0.2) is 13.1 Å². The number of hydrogen-bond acceptors (Lipinski definition) is 2. The second-order valence-corrected chi connectivity index (χ2v) is 2.94. The number of ether oxygens (including phenoxy) is 1. The molecule has 0 rings (SSSR count). The molecule has 0 aliphatic rings. The monoisotopic (exact) mass is 156 g/mol. The molecule has 2 heteroatoms. The minimum atomic E-state index is -0.179. The minimum absolute atomic E-state index is 0.123. The number of methoxy groups -OCH3 is 1. The molecule has 0 bridgehead atoms. The fraction of sp³-hybridized carbons (Fsp3) is 0.667. The number of rotatable bonds is 3. The lowest BCUT2D eigenvalue weighted by atomic mass is 10.1. The number of carbonyl (C=O) groups is 1. The largest absolute Gasteiger partial charge is 0.469 e. The maximum absolute atomic E-state index is 10.9. The first-order valence-corrected chi connectivity index (χ1v) is 3.84. The molecule has 0 N–H and O–H groups in total. The molecule has 0 aromatic carbocycles. The Morgan fingerprint density at radius 1 is 1.27 bits per heavy atom. The van der Waals surface area contributed by atoms with E-state index >= 15 is 0 Å². The van der Waals surface area contributed by atoms with Crippen LogP contribution in [0.5, 0.6) is 0 Å². The van der Waals surface area contributed by atoms with Crippen LogP contribution >= 0.6 is 0 Å². The van der Waals surface area contributed by atoms with E-state index in [0.29, 0.717) is 5.92 Å². The Hall–Kier alpha value is -0.790. The van der Waals surface area contributed by atoms with E-state index < -0.39 is 0 Å². The normalized spacial score (nSPS) is 13.9. The molecule has 0 aliphatic heterocycles. The van der Waals surface area contributed by atoms with Gasteiger partial charge >= 0.3 is 5.97 Å². The third-order valence-corrected chi connectivity index (χ3v) is 1.36. The Labute approximate surface area is 68.2 Å². The highest BCUT2D eigenvalue weighted by Gasteiger charge is 2.07. The van der Waals surface area contributed by atoms with Gasteiger partial charge in [-0.25, -0.2) is 0 Å². The Bertz CT molecular complexity index is 148. The zero-order valence-corrected chi connectivity index (χ0v) is 7.63. The van der Waals surface area contributed by atoms with Crippen molar-refractivity contribution in [2.24, 2.45) is 11.8 Å². The van der Waals surface area contributed by atoms with Crippen LogP contribution in [0, 0.1) is 11.8 Å². The molecular formula is C9H16O2.